The van der Waals surface area contributed by atoms with Crippen LogP contribution in [0.1, 0.15) is 58.9 Å². The number of hydrogen-bond donors (Lipinski definition) is 2. The van der Waals surface area contributed by atoms with Crippen LogP contribution in [0.3, 0.4) is 0 Å². The Kier molecular flexibility index (Phi) is 7.63. The number of pyridine rings is 1. The minimum Gasteiger partial charge on any atom is -0.372 e. The van der Waals surface area contributed by atoms with Gasteiger partial charge in [-0.3, -0.25) is 4.79 Å². The van der Waals surface area contributed by atoms with Crippen molar-refractivity contribution >= 4 is 11.6 Å². The summed E-state index contributed by atoms with van der Waals surface area (Å²) in [5.41, 5.74) is 4.82. The van der Waals surface area contributed by atoms with Gasteiger partial charge in [-0.1, -0.05) is 24.3 Å². The Hall–Kier alpha value is -4.20. The van der Waals surface area contributed by atoms with Gasteiger partial charge >= 0.3 is 0 Å². The number of carbonyl (C=O) groups excluding carboxylic acids is 1. The van der Waals surface area contributed by atoms with Crippen LogP contribution in [0.4, 0.5) is 5.69 Å². The Labute approximate surface area is 212 Å². The van der Waals surface area contributed by atoms with Gasteiger partial charge in [0, 0.05) is 49.5 Å². The molecule has 182 valence electrons. The van der Waals surface area contributed by atoms with Crippen LogP contribution < -0.4 is 15.5 Å². The number of benzene rings is 2. The van der Waals surface area contributed by atoms with Crippen molar-refractivity contribution < 1.29 is 4.79 Å². The zero-order chi connectivity index (χ0) is 25.7. The van der Waals surface area contributed by atoms with Crippen LogP contribution in [0.25, 0.3) is 0 Å². The van der Waals surface area contributed by atoms with Crippen LogP contribution in [0.2, 0.25) is 0 Å². The minimum atomic E-state index is -0.199. The smallest absolute Gasteiger partial charge is 0.253 e. The minimum absolute atomic E-state index is 0.0367. The summed E-state index contributed by atoms with van der Waals surface area (Å²) in [6.07, 6.45) is 2.19. The summed E-state index contributed by atoms with van der Waals surface area (Å²) in [7, 11) is 2.09. The van der Waals surface area contributed by atoms with E-state index < -0.39 is 0 Å². The van der Waals surface area contributed by atoms with Crippen molar-refractivity contribution in [1.29, 1.82) is 10.5 Å². The second-order valence-corrected chi connectivity index (χ2v) is 9.47. The van der Waals surface area contributed by atoms with Crippen LogP contribution in [-0.2, 0) is 0 Å². The molecule has 3 aromatic rings. The molecule has 0 spiro atoms. The molecular weight excluding hydrogens is 448 g/mol. The van der Waals surface area contributed by atoms with Gasteiger partial charge in [0.2, 0.25) is 0 Å². The second-order valence-electron chi connectivity index (χ2n) is 9.47. The lowest BCUT2D eigenvalue weighted by Gasteiger charge is -2.27. The third-order valence-corrected chi connectivity index (χ3v) is 6.88. The fourth-order valence-corrected chi connectivity index (χ4v) is 4.63. The summed E-state index contributed by atoms with van der Waals surface area (Å²) >= 11 is 0. The lowest BCUT2D eigenvalue weighted by molar-refractivity contribution is 0.0939. The summed E-state index contributed by atoms with van der Waals surface area (Å²) in [6, 6.07) is 24.2. The standard InChI is InChI=1S/C29H30N6O/c1-19(2)35(3)26-12-9-22(10-13-26)28(21-6-4-20(15-30)5-7-21)27-14-25(18-33-27)34-29(36)23-8-11-24(16-31)32-17-23/h4-13,17,19,25,27-28,33H,14,18H2,1-3H3,(H,34,36). The zero-order valence-corrected chi connectivity index (χ0v) is 20.8. The highest BCUT2D eigenvalue weighted by molar-refractivity contribution is 5.94. The lowest BCUT2D eigenvalue weighted by Crippen LogP contribution is -2.36. The average molecular weight is 479 g/mol. The first kappa shape index (κ1) is 24.9. The zero-order valence-electron chi connectivity index (χ0n) is 20.8. The number of aromatic nitrogens is 1. The summed E-state index contributed by atoms with van der Waals surface area (Å²) in [5.74, 6) is -0.134. The van der Waals surface area contributed by atoms with Gasteiger partial charge in [0.1, 0.15) is 11.8 Å². The molecule has 1 fully saturated rings. The molecule has 2 aromatic carbocycles. The first-order chi connectivity index (χ1) is 17.4. The molecule has 0 radical (unpaired) electrons. The van der Waals surface area contributed by atoms with E-state index in [1.165, 1.54) is 11.8 Å². The number of carbonyl (C=O) groups is 1. The van der Waals surface area contributed by atoms with Crippen LogP contribution in [0, 0.1) is 22.7 Å². The molecule has 3 unspecified atom stereocenters. The van der Waals surface area contributed by atoms with Gasteiger partial charge in [-0.2, -0.15) is 10.5 Å². The molecule has 36 heavy (non-hydrogen) atoms. The molecule has 7 nitrogen and oxygen atoms in total. The van der Waals surface area contributed by atoms with Gasteiger partial charge in [-0.15, -0.1) is 0 Å². The fraction of sp³-hybridized carbons (Fsp3) is 0.310. The van der Waals surface area contributed by atoms with Crippen molar-refractivity contribution in [2.45, 2.75) is 44.3 Å². The molecular formula is C29H30N6O. The number of anilines is 1. The Morgan fingerprint density at radius 1 is 1.03 bits per heavy atom. The van der Waals surface area contributed by atoms with Gasteiger partial charge in [0.15, 0.2) is 0 Å². The predicted octanol–water partition coefficient (Wildman–Crippen LogP) is 3.96. The van der Waals surface area contributed by atoms with Crippen LogP contribution >= 0.6 is 0 Å². The lowest BCUT2D eigenvalue weighted by atomic mass is 9.83. The van der Waals surface area contributed by atoms with Crippen molar-refractivity contribution in [3.63, 3.8) is 0 Å². The molecule has 1 amide bonds. The Morgan fingerprint density at radius 3 is 2.25 bits per heavy atom. The van der Waals surface area contributed by atoms with E-state index in [1.807, 2.05) is 30.3 Å². The number of amides is 1. The van der Waals surface area contributed by atoms with E-state index in [2.05, 4.69) is 71.7 Å². The quantitative estimate of drug-likeness (QED) is 0.533. The summed E-state index contributed by atoms with van der Waals surface area (Å²) in [4.78, 5) is 19.0. The topological polar surface area (TPSA) is 105 Å². The molecule has 3 atom stereocenters. The Morgan fingerprint density at radius 2 is 1.69 bits per heavy atom. The maximum absolute atomic E-state index is 12.7. The molecule has 0 aliphatic carbocycles. The molecule has 2 N–H and O–H groups in total. The van der Waals surface area contributed by atoms with Crippen LogP contribution in [0.15, 0.2) is 66.9 Å². The number of rotatable bonds is 7. The highest BCUT2D eigenvalue weighted by Crippen LogP contribution is 2.33. The Balaban J connectivity index is 1.54. The number of hydrogen-bond acceptors (Lipinski definition) is 6. The monoisotopic (exact) mass is 478 g/mol. The third-order valence-electron chi connectivity index (χ3n) is 6.88. The van der Waals surface area contributed by atoms with Gasteiger partial charge in [0.05, 0.1) is 17.2 Å². The van der Waals surface area contributed by atoms with Crippen molar-refractivity contribution in [3.05, 3.63) is 94.8 Å². The first-order valence-electron chi connectivity index (χ1n) is 12.1. The van der Waals surface area contributed by atoms with Crippen molar-refractivity contribution in [2.24, 2.45) is 0 Å². The molecule has 1 aliphatic rings. The molecule has 2 heterocycles. The molecule has 1 aromatic heterocycles. The van der Waals surface area contributed by atoms with E-state index in [-0.39, 0.29) is 29.6 Å². The van der Waals surface area contributed by atoms with E-state index >= 15 is 0 Å². The highest BCUT2D eigenvalue weighted by atomic mass is 16.1. The van der Waals surface area contributed by atoms with Crippen LogP contribution in [0.5, 0.6) is 0 Å². The third kappa shape index (κ3) is 5.54. The summed E-state index contributed by atoms with van der Waals surface area (Å²) in [6.45, 7) is 4.98. The van der Waals surface area contributed by atoms with Gasteiger partial charge in [-0.25, -0.2) is 4.98 Å². The van der Waals surface area contributed by atoms with E-state index in [1.54, 1.807) is 12.1 Å². The van der Waals surface area contributed by atoms with E-state index in [4.69, 9.17) is 5.26 Å². The maximum Gasteiger partial charge on any atom is 0.253 e. The number of nitrogens with zero attached hydrogens (tertiary/aromatic N) is 4. The molecule has 0 bridgehead atoms. The van der Waals surface area contributed by atoms with Crippen LogP contribution in [-0.4, -0.2) is 42.6 Å². The number of nitriles is 2. The van der Waals surface area contributed by atoms with E-state index in [0.29, 0.717) is 23.7 Å². The molecule has 0 saturated carbocycles. The van der Waals surface area contributed by atoms with E-state index in [0.717, 1.165) is 17.7 Å². The first-order valence-corrected chi connectivity index (χ1v) is 12.1. The molecule has 4 rings (SSSR count). The van der Waals surface area contributed by atoms with Crippen molar-refractivity contribution in [1.82, 2.24) is 15.6 Å². The normalized spacial score (nSPS) is 17.7. The van der Waals surface area contributed by atoms with E-state index in [9.17, 15) is 10.1 Å². The number of nitrogens with one attached hydrogen (secondary N) is 2. The van der Waals surface area contributed by atoms with Gasteiger partial charge < -0.3 is 15.5 Å². The Bertz CT molecular complexity index is 1270. The van der Waals surface area contributed by atoms with Crippen molar-refractivity contribution in [3.8, 4) is 12.1 Å². The summed E-state index contributed by atoms with van der Waals surface area (Å²) < 4.78 is 0. The second kappa shape index (κ2) is 11.0. The predicted molar refractivity (Wildman–Crippen MR) is 140 cm³/mol. The van der Waals surface area contributed by atoms with Crippen molar-refractivity contribution in [2.75, 3.05) is 18.5 Å². The highest BCUT2D eigenvalue weighted by Gasteiger charge is 2.33. The average Bonchev–Trinajstić information content (AvgIpc) is 3.36. The SMILES string of the molecule is CC(C)N(C)c1ccc(C(c2ccc(C#N)cc2)C2CC(NC(=O)c3ccc(C#N)nc3)CN2)cc1. The molecule has 1 aliphatic heterocycles. The van der Waals surface area contributed by atoms with Gasteiger partial charge in [0.25, 0.3) is 5.91 Å². The fourth-order valence-electron chi connectivity index (χ4n) is 4.63. The van der Waals surface area contributed by atoms with Gasteiger partial charge in [-0.05, 0) is 67.8 Å². The molecule has 1 saturated heterocycles. The molecule has 7 heteroatoms. The maximum atomic E-state index is 12.7. The summed E-state index contributed by atoms with van der Waals surface area (Å²) in [5, 5.41) is 24.9. The largest absolute Gasteiger partial charge is 0.372 e.